The first-order valence-electron chi connectivity index (χ1n) is 39.9. The topological polar surface area (TPSA) is 55.7 Å². The molecule has 0 bridgehead atoms. The fraction of sp³-hybridized carbons (Fsp3) is 0.180. The molecule has 0 saturated heterocycles. The minimum Gasteiger partial charge on any atom is -0.655 e. The summed E-state index contributed by atoms with van der Waals surface area (Å²) in [6.07, 6.45) is 0. The molecule has 8 heteroatoms. The molecule has 4 heterocycles. The van der Waals surface area contributed by atoms with Crippen LogP contribution >= 0.6 is 22.7 Å². The molecule has 0 aliphatic carbocycles. The van der Waals surface area contributed by atoms with Gasteiger partial charge in [-0.15, -0.1) is 113 Å². The Labute approximate surface area is 759 Å². The van der Waals surface area contributed by atoms with Gasteiger partial charge < -0.3 is 9.97 Å². The van der Waals surface area contributed by atoms with E-state index in [4.69, 9.17) is 15.0 Å². The standard InChI is InChI=1S/C31H34N2S.C31H33N2S.7C7H7.2Hf/c2*1-18-19(2)34-29(32-18)27-14-13-26(33-27)28-24-12-11-22(30(3,4)5)16-21(24)15-20-9-10-23(17-25(20)28)31(6,7)8;7*1-7-5-3-2-4-6-7;;/h9-17,33H,1-8H3;9-17H,1-8H3;7*2-6H,1H2;;/q;8*-1;;+4. The molecular formula is C111H116Hf2N4S2-4. The van der Waals surface area contributed by atoms with Crippen LogP contribution in [-0.2, 0) is 73.3 Å². The molecule has 119 heavy (non-hydrogen) atoms. The summed E-state index contributed by atoms with van der Waals surface area (Å²) in [6, 6.07) is 110. The van der Waals surface area contributed by atoms with E-state index in [1.54, 1.807) is 22.7 Å². The molecule has 0 saturated carbocycles. The molecule has 13 aromatic carbocycles. The second kappa shape index (κ2) is 44.6. The van der Waals surface area contributed by atoms with Crippen LogP contribution in [0.5, 0.6) is 0 Å². The van der Waals surface area contributed by atoms with Crippen LogP contribution in [0.1, 0.15) is 165 Å². The number of aryl methyl sites for hydroxylation is 4. The normalized spacial score (nSPS) is 10.8. The fourth-order valence-corrected chi connectivity index (χ4v) is 14.3. The molecule has 0 aliphatic rings. The maximum atomic E-state index is 5.12. The van der Waals surface area contributed by atoms with Gasteiger partial charge in [0.05, 0.1) is 17.1 Å². The molecule has 4 nitrogen and oxygen atoms in total. The van der Waals surface area contributed by atoms with E-state index >= 15 is 0 Å². The Bertz CT molecular complexity index is 5250. The number of nitrogens with one attached hydrogen (secondary N) is 1. The van der Waals surface area contributed by atoms with Crippen molar-refractivity contribution in [1.82, 2.24) is 19.9 Å². The molecule has 0 fully saturated rings. The quantitative estimate of drug-likeness (QED) is 0.109. The first kappa shape index (κ1) is 95.7. The van der Waals surface area contributed by atoms with E-state index in [0.29, 0.717) is 0 Å². The summed E-state index contributed by atoms with van der Waals surface area (Å²) in [5, 5.41) is 12.2. The zero-order valence-corrected chi connectivity index (χ0v) is 81.5. The number of rotatable bonds is 4. The van der Waals surface area contributed by atoms with E-state index in [2.05, 4.69) is 273 Å². The molecule has 0 aliphatic heterocycles. The van der Waals surface area contributed by atoms with Crippen LogP contribution in [-0.4, -0.2) is 15.0 Å². The molecule has 17 rings (SSSR count). The molecule has 604 valence electrons. The van der Waals surface area contributed by atoms with E-state index in [0.717, 1.165) is 83.1 Å². The zero-order chi connectivity index (χ0) is 84.6. The Kier molecular flexibility index (Phi) is 35.8. The Morgan fingerprint density at radius 2 is 0.538 bits per heavy atom. The van der Waals surface area contributed by atoms with Gasteiger partial charge in [0, 0.05) is 46.9 Å². The number of benzene rings is 13. The summed E-state index contributed by atoms with van der Waals surface area (Å²) in [4.78, 5) is 20.9. The maximum absolute atomic E-state index is 5.12. The van der Waals surface area contributed by atoms with Gasteiger partial charge in [-0.3, -0.25) is 0 Å². The van der Waals surface area contributed by atoms with Gasteiger partial charge in [-0.25, -0.2) is 9.97 Å². The summed E-state index contributed by atoms with van der Waals surface area (Å²) in [7, 11) is 0. The number of hydrogen-bond acceptors (Lipinski definition) is 4. The van der Waals surface area contributed by atoms with E-state index in [-0.39, 0.29) is 73.3 Å². The Balaban J connectivity index is 0.000000208. The van der Waals surface area contributed by atoms with Gasteiger partial charge in [0.1, 0.15) is 10.0 Å². The number of nitrogens with zero attached hydrogens (tertiary/aromatic N) is 3. The Hall–Kier alpha value is -10.4. The van der Waals surface area contributed by atoms with Gasteiger partial charge in [0.25, 0.3) is 0 Å². The maximum Gasteiger partial charge on any atom is 4.00 e. The monoisotopic (exact) mass is 1930 g/mol. The largest absolute Gasteiger partial charge is 4.00 e. The Morgan fingerprint density at radius 1 is 0.269 bits per heavy atom. The van der Waals surface area contributed by atoms with Gasteiger partial charge in [0.2, 0.25) is 0 Å². The second-order valence-corrected chi connectivity index (χ2v) is 35.9. The van der Waals surface area contributed by atoms with Crippen molar-refractivity contribution in [2.75, 3.05) is 0 Å². The number of hydrogen-bond donors (Lipinski definition) is 1. The third kappa shape index (κ3) is 28.9. The van der Waals surface area contributed by atoms with Crippen molar-refractivity contribution in [3.8, 4) is 43.9 Å². The predicted molar refractivity (Wildman–Crippen MR) is 514 cm³/mol. The second-order valence-electron chi connectivity index (χ2n) is 33.5. The number of fused-ring (bicyclic) bond motifs is 4. The van der Waals surface area contributed by atoms with Crippen LogP contribution in [0.25, 0.3) is 87.0 Å². The van der Waals surface area contributed by atoms with Crippen molar-refractivity contribution < 1.29 is 51.7 Å². The first-order valence-corrected chi connectivity index (χ1v) is 41.6. The van der Waals surface area contributed by atoms with Crippen LogP contribution in [0.15, 0.2) is 322 Å². The minimum atomic E-state index is 0. The van der Waals surface area contributed by atoms with Crippen LogP contribution in [0, 0.1) is 76.2 Å². The number of thiazole rings is 2. The fourth-order valence-electron chi connectivity index (χ4n) is 12.5. The van der Waals surface area contributed by atoms with E-state index < -0.39 is 0 Å². The average Bonchev–Trinajstić information content (AvgIpc) is 1.72. The van der Waals surface area contributed by atoms with Crippen LogP contribution < -0.4 is 4.98 Å². The van der Waals surface area contributed by atoms with Crippen molar-refractivity contribution in [1.29, 1.82) is 0 Å². The van der Waals surface area contributed by atoms with Gasteiger partial charge in [-0.2, -0.15) is 172 Å². The number of aromatic nitrogens is 4. The van der Waals surface area contributed by atoms with E-state index in [1.165, 1.54) is 86.2 Å². The van der Waals surface area contributed by atoms with Crippen molar-refractivity contribution in [2.45, 2.75) is 132 Å². The molecule has 17 aromatic rings. The molecular weight excluding hydrogens is 1810 g/mol. The molecule has 1 N–H and O–H groups in total. The van der Waals surface area contributed by atoms with Crippen molar-refractivity contribution in [3.05, 3.63) is 452 Å². The summed E-state index contributed by atoms with van der Waals surface area (Å²) in [5.74, 6) is 0. The minimum absolute atomic E-state index is 0. The van der Waals surface area contributed by atoms with Gasteiger partial charge in [-0.05, 0) is 151 Å². The van der Waals surface area contributed by atoms with E-state index in [9.17, 15) is 0 Å². The van der Waals surface area contributed by atoms with Crippen molar-refractivity contribution in [2.24, 2.45) is 0 Å². The van der Waals surface area contributed by atoms with Gasteiger partial charge in [0.15, 0.2) is 0 Å². The summed E-state index contributed by atoms with van der Waals surface area (Å²) < 4.78 is 0. The molecule has 0 unspecified atom stereocenters. The predicted octanol–water partition coefficient (Wildman–Crippen LogP) is 31.4. The summed E-state index contributed by atoms with van der Waals surface area (Å²) in [6.45, 7) is 61.8. The molecule has 0 atom stereocenters. The molecule has 0 radical (unpaired) electrons. The van der Waals surface area contributed by atoms with Crippen LogP contribution in [0.3, 0.4) is 0 Å². The summed E-state index contributed by atoms with van der Waals surface area (Å²) in [5.41, 5.74) is 22.2. The SMILES string of the molecule is Cc1nc(-c2ccc(-c3c4ccc(C(C)(C)C)cc4cc4ccc(C(C)(C)C)cc34)[n-]2)sc1C.Cc1nc(-c2ccc(-c3c4ccc(C(C)(C)C)cc4cc4ccc(C(C)(C)C)cc34)[nH]2)sc1C.[CH2-]c1ccccc1.[CH2-]c1ccccc1.[CH2-]c1ccccc1.[CH2-]c1ccccc1.[CH2-]c1ccccc1.[CH2-]c1ccccc1.[CH2-]c1ccccc1.[Hf+4].[Hf]. The Morgan fingerprint density at radius 3 is 0.824 bits per heavy atom. The van der Waals surface area contributed by atoms with Crippen LogP contribution in [0.2, 0.25) is 0 Å². The zero-order valence-electron chi connectivity index (χ0n) is 72.7. The van der Waals surface area contributed by atoms with Gasteiger partial charge >= 0.3 is 25.8 Å². The first-order chi connectivity index (χ1) is 55.6. The third-order valence-electron chi connectivity index (χ3n) is 19.6. The van der Waals surface area contributed by atoms with Crippen molar-refractivity contribution >= 4 is 65.8 Å². The molecule has 0 amide bonds. The molecule has 0 spiro atoms. The van der Waals surface area contributed by atoms with E-state index in [1.807, 2.05) is 212 Å². The van der Waals surface area contributed by atoms with Crippen molar-refractivity contribution in [3.63, 3.8) is 0 Å². The smallest absolute Gasteiger partial charge is 0.655 e. The third-order valence-corrected chi connectivity index (χ3v) is 21.8. The van der Waals surface area contributed by atoms with Crippen LogP contribution in [0.4, 0.5) is 0 Å². The average molecular weight is 1930 g/mol. The summed E-state index contributed by atoms with van der Waals surface area (Å²) >= 11 is 3.47. The number of aromatic amines is 1. The number of H-pyrrole nitrogens is 1. The van der Waals surface area contributed by atoms with Gasteiger partial charge in [-0.1, -0.05) is 210 Å². The molecule has 4 aromatic heterocycles.